The average molecular weight is 307 g/mol. The van der Waals surface area contributed by atoms with Gasteiger partial charge in [0.05, 0.1) is 11.0 Å². The molecule has 1 aromatic carbocycles. The molecule has 1 unspecified atom stereocenters. The molecule has 1 atom stereocenters. The van der Waals surface area contributed by atoms with Gasteiger partial charge in [-0.05, 0) is 31.4 Å². The Kier molecular flexibility index (Phi) is 8.52. The Hall–Kier alpha value is -2.21. The zero-order valence-corrected chi connectivity index (χ0v) is 12.6. The quantitative estimate of drug-likeness (QED) is 0.367. The number of carbonyl (C=O) groups excluding carboxylic acids is 1. The molecule has 0 N–H and O–H groups in total. The highest BCUT2D eigenvalue weighted by atomic mass is 16.6. The van der Waals surface area contributed by atoms with Gasteiger partial charge in [0.15, 0.2) is 0 Å². The number of allylic oxidation sites excluding steroid dienone is 1. The van der Waals surface area contributed by atoms with Crippen molar-refractivity contribution in [2.45, 2.75) is 38.2 Å². The maximum Gasteiger partial charge on any atom is 0.298 e. The number of nitro benzene ring substituents is 1. The molecule has 120 valence electrons. The lowest BCUT2D eigenvalue weighted by Crippen LogP contribution is -2.07. The first kappa shape index (κ1) is 17.8. The van der Waals surface area contributed by atoms with Crippen molar-refractivity contribution >= 4 is 12.2 Å². The van der Waals surface area contributed by atoms with E-state index in [-0.39, 0.29) is 17.9 Å². The summed E-state index contributed by atoms with van der Waals surface area (Å²) in [5.74, 6) is 0.288. The summed E-state index contributed by atoms with van der Waals surface area (Å²) in [6, 6.07) is 5.23. The van der Waals surface area contributed by atoms with Gasteiger partial charge >= 0.3 is 0 Å². The van der Waals surface area contributed by atoms with Crippen molar-refractivity contribution in [2.75, 3.05) is 7.11 Å². The molecule has 0 aromatic heterocycles. The van der Waals surface area contributed by atoms with Gasteiger partial charge in [-0.2, -0.15) is 0 Å². The largest absolute Gasteiger partial charge is 0.429 e. The van der Waals surface area contributed by atoms with Crippen LogP contribution in [0.15, 0.2) is 36.4 Å². The molecule has 1 aliphatic carbocycles. The standard InChI is InChI=1S/C9H16O.C7H5NO4/c1-10-9-7-5-3-2-4-6-8-9;9-5-12-7-3-1-6(2-4-7)8(10)11/h5,7,9H,2-4,6,8H2,1H3;1-5H/b7-5+;. The summed E-state index contributed by atoms with van der Waals surface area (Å²) in [6.07, 6.45) is 11.3. The van der Waals surface area contributed by atoms with Crippen molar-refractivity contribution < 1.29 is 19.2 Å². The molecule has 0 aliphatic heterocycles. The fraction of sp³-hybridized carbons (Fsp3) is 0.438. The van der Waals surface area contributed by atoms with Gasteiger partial charge in [0.25, 0.3) is 12.2 Å². The minimum Gasteiger partial charge on any atom is -0.429 e. The van der Waals surface area contributed by atoms with Crippen LogP contribution >= 0.6 is 0 Å². The third kappa shape index (κ3) is 6.99. The molecule has 2 rings (SSSR count). The predicted molar refractivity (Wildman–Crippen MR) is 82.8 cm³/mol. The Labute approximate surface area is 129 Å². The smallest absolute Gasteiger partial charge is 0.298 e. The van der Waals surface area contributed by atoms with E-state index < -0.39 is 4.92 Å². The van der Waals surface area contributed by atoms with Gasteiger partial charge in [0.1, 0.15) is 5.75 Å². The van der Waals surface area contributed by atoms with Crippen LogP contribution in [0, 0.1) is 10.1 Å². The van der Waals surface area contributed by atoms with E-state index in [1.807, 2.05) is 0 Å². The van der Waals surface area contributed by atoms with E-state index in [2.05, 4.69) is 16.9 Å². The summed E-state index contributed by atoms with van der Waals surface area (Å²) in [4.78, 5) is 19.5. The van der Waals surface area contributed by atoms with Crippen LogP contribution in [0.3, 0.4) is 0 Å². The second-order valence-electron chi connectivity index (χ2n) is 4.81. The first-order valence-corrected chi connectivity index (χ1v) is 7.21. The van der Waals surface area contributed by atoms with Crippen LogP contribution in [0.2, 0.25) is 0 Å². The van der Waals surface area contributed by atoms with Gasteiger partial charge in [0.2, 0.25) is 0 Å². The molecule has 0 radical (unpaired) electrons. The van der Waals surface area contributed by atoms with Crippen LogP contribution in [0.1, 0.15) is 32.1 Å². The van der Waals surface area contributed by atoms with Crippen molar-refractivity contribution in [1.82, 2.24) is 0 Å². The van der Waals surface area contributed by atoms with Gasteiger partial charge in [-0.3, -0.25) is 14.9 Å². The maximum absolute atomic E-state index is 10.2. The van der Waals surface area contributed by atoms with Gasteiger partial charge in [-0.15, -0.1) is 0 Å². The van der Waals surface area contributed by atoms with Crippen molar-refractivity contribution in [1.29, 1.82) is 0 Å². The molecule has 0 saturated heterocycles. The number of rotatable bonds is 4. The molecule has 1 aromatic rings. The van der Waals surface area contributed by atoms with E-state index in [1.165, 1.54) is 56.4 Å². The van der Waals surface area contributed by atoms with E-state index in [4.69, 9.17) is 4.74 Å². The van der Waals surface area contributed by atoms with Gasteiger partial charge in [-0.25, -0.2) is 0 Å². The van der Waals surface area contributed by atoms with E-state index in [0.29, 0.717) is 6.10 Å². The van der Waals surface area contributed by atoms with E-state index >= 15 is 0 Å². The SMILES string of the molecule is COC1/C=C/CCCCC1.O=COc1ccc([N+](=O)[O-])cc1. The number of nitrogens with zero attached hydrogens (tertiary/aromatic N) is 1. The minimum atomic E-state index is -0.523. The molecule has 0 heterocycles. The number of carbonyl (C=O) groups is 1. The molecule has 0 saturated carbocycles. The summed E-state index contributed by atoms with van der Waals surface area (Å²) in [5.41, 5.74) is -0.0340. The fourth-order valence-electron chi connectivity index (χ4n) is 2.03. The Morgan fingerprint density at radius 2 is 1.95 bits per heavy atom. The lowest BCUT2D eigenvalue weighted by molar-refractivity contribution is -0.384. The summed E-state index contributed by atoms with van der Waals surface area (Å²) >= 11 is 0. The minimum absolute atomic E-state index is 0.0340. The van der Waals surface area contributed by atoms with Crippen molar-refractivity contribution in [3.8, 4) is 5.75 Å². The van der Waals surface area contributed by atoms with E-state index in [1.54, 1.807) is 7.11 Å². The van der Waals surface area contributed by atoms with Crippen LogP contribution in [0.5, 0.6) is 5.75 Å². The first-order chi connectivity index (χ1) is 10.7. The third-order valence-corrected chi connectivity index (χ3v) is 3.24. The summed E-state index contributed by atoms with van der Waals surface area (Å²) in [7, 11) is 1.79. The maximum atomic E-state index is 10.2. The molecule has 22 heavy (non-hydrogen) atoms. The Bertz CT molecular complexity index is 484. The number of methoxy groups -OCH3 is 1. The van der Waals surface area contributed by atoms with Crippen LogP contribution in [0.4, 0.5) is 5.69 Å². The normalized spacial score (nSPS) is 18.9. The lowest BCUT2D eigenvalue weighted by Gasteiger charge is -2.12. The van der Waals surface area contributed by atoms with Crippen molar-refractivity contribution in [2.24, 2.45) is 0 Å². The van der Waals surface area contributed by atoms with Crippen LogP contribution in [0.25, 0.3) is 0 Å². The molecular weight excluding hydrogens is 286 g/mol. The number of benzene rings is 1. The second-order valence-corrected chi connectivity index (χ2v) is 4.81. The zero-order chi connectivity index (χ0) is 16.2. The summed E-state index contributed by atoms with van der Waals surface area (Å²) < 4.78 is 9.68. The molecule has 0 bridgehead atoms. The molecule has 6 nitrogen and oxygen atoms in total. The number of hydrogen-bond acceptors (Lipinski definition) is 5. The zero-order valence-electron chi connectivity index (χ0n) is 12.6. The van der Waals surface area contributed by atoms with Crippen LogP contribution in [-0.2, 0) is 9.53 Å². The molecular formula is C16H21NO5. The first-order valence-electron chi connectivity index (χ1n) is 7.21. The highest BCUT2D eigenvalue weighted by Crippen LogP contribution is 2.16. The molecule has 6 heteroatoms. The van der Waals surface area contributed by atoms with Gasteiger partial charge in [0, 0.05) is 19.2 Å². The van der Waals surface area contributed by atoms with E-state index in [9.17, 15) is 14.9 Å². The third-order valence-electron chi connectivity index (χ3n) is 3.24. The second kappa shape index (κ2) is 10.5. The number of nitro groups is 1. The number of hydrogen-bond donors (Lipinski definition) is 0. The number of ether oxygens (including phenoxy) is 2. The van der Waals surface area contributed by atoms with Crippen molar-refractivity contribution in [3.63, 3.8) is 0 Å². The van der Waals surface area contributed by atoms with Crippen LogP contribution < -0.4 is 4.74 Å². The Morgan fingerprint density at radius 1 is 1.23 bits per heavy atom. The highest BCUT2D eigenvalue weighted by molar-refractivity contribution is 5.46. The van der Waals surface area contributed by atoms with Crippen molar-refractivity contribution in [3.05, 3.63) is 46.5 Å². The highest BCUT2D eigenvalue weighted by Gasteiger charge is 2.04. The molecule has 0 amide bonds. The fourth-order valence-corrected chi connectivity index (χ4v) is 2.03. The van der Waals surface area contributed by atoms with Gasteiger partial charge < -0.3 is 9.47 Å². The molecule has 0 spiro atoms. The van der Waals surface area contributed by atoms with Crippen LogP contribution in [-0.4, -0.2) is 24.6 Å². The molecule has 1 aliphatic rings. The van der Waals surface area contributed by atoms with Gasteiger partial charge in [-0.1, -0.05) is 25.0 Å². The van der Waals surface area contributed by atoms with E-state index in [0.717, 1.165) is 0 Å². The topological polar surface area (TPSA) is 78.7 Å². The molecule has 0 fully saturated rings. The monoisotopic (exact) mass is 307 g/mol. The summed E-state index contributed by atoms with van der Waals surface area (Å²) in [6.45, 7) is 0.265. The average Bonchev–Trinajstić information content (AvgIpc) is 2.49. The lowest BCUT2D eigenvalue weighted by atomic mass is 10.0. The number of non-ortho nitro benzene ring substituents is 1. The Morgan fingerprint density at radius 3 is 2.55 bits per heavy atom. The Balaban J connectivity index is 0.000000224. The predicted octanol–water partition coefficient (Wildman–Crippen LogP) is 3.65. The summed E-state index contributed by atoms with van der Waals surface area (Å²) in [5, 5.41) is 10.2.